The molecule has 0 aliphatic heterocycles. The molecular weight excluding hydrogens is 312 g/mol. The van der Waals surface area contributed by atoms with Crippen LogP contribution in [0.5, 0.6) is 0 Å². The number of amides is 1. The molecule has 128 valence electrons. The predicted octanol–water partition coefficient (Wildman–Crippen LogP) is 3.85. The number of carbonyl (C=O) groups is 1. The monoisotopic (exact) mass is 334 g/mol. The van der Waals surface area contributed by atoms with Gasteiger partial charge in [-0.2, -0.15) is 0 Å². The number of hydrogen-bond acceptors (Lipinski definition) is 3. The number of rotatable bonds is 3. The van der Waals surface area contributed by atoms with E-state index in [9.17, 15) is 4.79 Å². The standard InChI is InChI=1S/C20H22N4O/c25-20(21-17-10-6-1-2-7-11-17)16-12-13-24-18(14-16)22-23-19(24)15-8-4-3-5-9-15/h3-5,8-9,12-14,17H,1-2,6-7,10-11H2,(H,21,25). The van der Waals surface area contributed by atoms with E-state index in [0.717, 1.165) is 24.2 Å². The second-order valence-electron chi connectivity index (χ2n) is 6.70. The van der Waals surface area contributed by atoms with E-state index in [2.05, 4.69) is 15.5 Å². The van der Waals surface area contributed by atoms with Crippen LogP contribution in [0.25, 0.3) is 17.0 Å². The van der Waals surface area contributed by atoms with Gasteiger partial charge in [0.05, 0.1) is 0 Å². The molecule has 0 radical (unpaired) electrons. The first-order chi connectivity index (χ1) is 12.3. The van der Waals surface area contributed by atoms with Crippen molar-refractivity contribution in [2.24, 2.45) is 0 Å². The molecule has 1 fully saturated rings. The maximum Gasteiger partial charge on any atom is 0.251 e. The number of benzene rings is 1. The first kappa shape index (κ1) is 15.8. The van der Waals surface area contributed by atoms with Gasteiger partial charge in [-0.1, -0.05) is 56.0 Å². The van der Waals surface area contributed by atoms with Gasteiger partial charge in [0.1, 0.15) is 0 Å². The van der Waals surface area contributed by atoms with Crippen LogP contribution in [0.3, 0.4) is 0 Å². The Morgan fingerprint density at radius 3 is 2.52 bits per heavy atom. The minimum Gasteiger partial charge on any atom is -0.349 e. The molecule has 25 heavy (non-hydrogen) atoms. The lowest BCUT2D eigenvalue weighted by atomic mass is 10.1. The van der Waals surface area contributed by atoms with E-state index in [-0.39, 0.29) is 5.91 Å². The van der Waals surface area contributed by atoms with Crippen LogP contribution in [0.4, 0.5) is 0 Å². The summed E-state index contributed by atoms with van der Waals surface area (Å²) in [6.07, 6.45) is 9.00. The molecule has 1 aliphatic rings. The Morgan fingerprint density at radius 2 is 1.76 bits per heavy atom. The van der Waals surface area contributed by atoms with Crippen LogP contribution in [0.2, 0.25) is 0 Å². The molecule has 0 bridgehead atoms. The summed E-state index contributed by atoms with van der Waals surface area (Å²) >= 11 is 0. The summed E-state index contributed by atoms with van der Waals surface area (Å²) in [5.41, 5.74) is 2.33. The van der Waals surface area contributed by atoms with Crippen molar-refractivity contribution >= 4 is 11.6 Å². The fourth-order valence-electron chi connectivity index (χ4n) is 3.51. The van der Waals surface area contributed by atoms with Gasteiger partial charge >= 0.3 is 0 Å². The Labute approximate surface area is 147 Å². The summed E-state index contributed by atoms with van der Waals surface area (Å²) in [6.45, 7) is 0. The summed E-state index contributed by atoms with van der Waals surface area (Å²) in [7, 11) is 0. The third-order valence-corrected chi connectivity index (χ3v) is 4.89. The third-order valence-electron chi connectivity index (χ3n) is 4.89. The van der Waals surface area contributed by atoms with Crippen LogP contribution in [0.15, 0.2) is 48.7 Å². The van der Waals surface area contributed by atoms with Crippen molar-refractivity contribution in [3.8, 4) is 11.4 Å². The molecule has 2 heterocycles. The minimum absolute atomic E-state index is 0.0151. The second kappa shape index (κ2) is 7.05. The van der Waals surface area contributed by atoms with Crippen molar-refractivity contribution in [1.29, 1.82) is 0 Å². The van der Waals surface area contributed by atoms with Crippen LogP contribution in [-0.2, 0) is 0 Å². The Bertz CT molecular complexity index is 864. The number of hydrogen-bond donors (Lipinski definition) is 1. The van der Waals surface area contributed by atoms with Crippen molar-refractivity contribution in [1.82, 2.24) is 19.9 Å². The van der Waals surface area contributed by atoms with Crippen molar-refractivity contribution in [2.75, 3.05) is 0 Å². The van der Waals surface area contributed by atoms with Crippen LogP contribution < -0.4 is 5.32 Å². The summed E-state index contributed by atoms with van der Waals surface area (Å²) in [4.78, 5) is 12.6. The Kier molecular flexibility index (Phi) is 4.46. The number of nitrogens with zero attached hydrogens (tertiary/aromatic N) is 3. The van der Waals surface area contributed by atoms with E-state index in [1.54, 1.807) is 0 Å². The molecule has 0 spiro atoms. The summed E-state index contributed by atoms with van der Waals surface area (Å²) in [6, 6.07) is 13.9. The molecule has 0 atom stereocenters. The SMILES string of the molecule is O=C(NC1CCCCCC1)c1ccn2c(-c3ccccc3)nnc2c1. The topological polar surface area (TPSA) is 59.3 Å². The molecule has 0 unspecified atom stereocenters. The number of nitrogens with one attached hydrogen (secondary N) is 1. The van der Waals surface area contributed by atoms with Gasteiger partial charge in [-0.05, 0) is 25.0 Å². The van der Waals surface area contributed by atoms with Gasteiger partial charge in [0.25, 0.3) is 5.91 Å². The molecule has 1 N–H and O–H groups in total. The number of aromatic nitrogens is 3. The van der Waals surface area contributed by atoms with Gasteiger partial charge in [0, 0.05) is 23.4 Å². The van der Waals surface area contributed by atoms with Gasteiger partial charge < -0.3 is 5.32 Å². The normalized spacial score (nSPS) is 15.8. The molecule has 0 saturated heterocycles. The molecule has 1 saturated carbocycles. The van der Waals surface area contributed by atoms with Gasteiger partial charge in [-0.3, -0.25) is 9.20 Å². The molecule has 1 aromatic carbocycles. The molecule has 2 aromatic heterocycles. The Balaban J connectivity index is 1.56. The molecule has 1 amide bonds. The Hall–Kier alpha value is -2.69. The third kappa shape index (κ3) is 3.40. The maximum atomic E-state index is 12.6. The lowest BCUT2D eigenvalue weighted by Gasteiger charge is -2.16. The highest BCUT2D eigenvalue weighted by molar-refractivity contribution is 5.95. The van der Waals surface area contributed by atoms with E-state index < -0.39 is 0 Å². The summed E-state index contributed by atoms with van der Waals surface area (Å²) < 4.78 is 1.91. The lowest BCUT2D eigenvalue weighted by Crippen LogP contribution is -2.34. The lowest BCUT2D eigenvalue weighted by molar-refractivity contribution is 0.0933. The molecule has 1 aliphatic carbocycles. The second-order valence-corrected chi connectivity index (χ2v) is 6.70. The zero-order chi connectivity index (χ0) is 17.1. The number of pyridine rings is 1. The molecule has 5 heteroatoms. The zero-order valence-electron chi connectivity index (χ0n) is 14.2. The maximum absolute atomic E-state index is 12.6. The highest BCUT2D eigenvalue weighted by Gasteiger charge is 2.17. The summed E-state index contributed by atoms with van der Waals surface area (Å²) in [5.74, 6) is 0.769. The first-order valence-corrected chi connectivity index (χ1v) is 9.02. The number of carbonyl (C=O) groups excluding carboxylic acids is 1. The van der Waals surface area contributed by atoms with Gasteiger partial charge in [-0.15, -0.1) is 10.2 Å². The van der Waals surface area contributed by atoms with Crippen LogP contribution >= 0.6 is 0 Å². The molecule has 3 aromatic rings. The van der Waals surface area contributed by atoms with Crippen molar-refractivity contribution in [3.63, 3.8) is 0 Å². The fourth-order valence-corrected chi connectivity index (χ4v) is 3.51. The zero-order valence-corrected chi connectivity index (χ0v) is 14.2. The van der Waals surface area contributed by atoms with E-state index in [1.807, 2.05) is 53.1 Å². The highest BCUT2D eigenvalue weighted by Crippen LogP contribution is 2.20. The number of fused-ring (bicyclic) bond motifs is 1. The van der Waals surface area contributed by atoms with Crippen molar-refractivity contribution in [2.45, 2.75) is 44.6 Å². The fraction of sp³-hybridized carbons (Fsp3) is 0.350. The van der Waals surface area contributed by atoms with Crippen LogP contribution in [0.1, 0.15) is 48.9 Å². The molecule has 4 rings (SSSR count). The van der Waals surface area contributed by atoms with E-state index in [0.29, 0.717) is 17.3 Å². The van der Waals surface area contributed by atoms with E-state index in [1.165, 1.54) is 25.7 Å². The largest absolute Gasteiger partial charge is 0.349 e. The van der Waals surface area contributed by atoms with E-state index in [4.69, 9.17) is 0 Å². The first-order valence-electron chi connectivity index (χ1n) is 9.02. The van der Waals surface area contributed by atoms with Gasteiger partial charge in [0.2, 0.25) is 0 Å². The smallest absolute Gasteiger partial charge is 0.251 e. The highest BCUT2D eigenvalue weighted by atomic mass is 16.1. The summed E-state index contributed by atoms with van der Waals surface area (Å²) in [5, 5.41) is 11.7. The molecule has 5 nitrogen and oxygen atoms in total. The average Bonchev–Trinajstić information content (AvgIpc) is 2.91. The van der Waals surface area contributed by atoms with Crippen molar-refractivity contribution in [3.05, 3.63) is 54.2 Å². The van der Waals surface area contributed by atoms with Gasteiger partial charge in [0.15, 0.2) is 11.5 Å². The average molecular weight is 334 g/mol. The van der Waals surface area contributed by atoms with Crippen LogP contribution in [0, 0.1) is 0 Å². The molecular formula is C20H22N4O. The van der Waals surface area contributed by atoms with Crippen molar-refractivity contribution < 1.29 is 4.79 Å². The quantitative estimate of drug-likeness (QED) is 0.740. The van der Waals surface area contributed by atoms with E-state index >= 15 is 0 Å². The minimum atomic E-state index is -0.0151. The predicted molar refractivity (Wildman–Crippen MR) is 97.4 cm³/mol. The Morgan fingerprint density at radius 1 is 1.00 bits per heavy atom. The van der Waals surface area contributed by atoms with Gasteiger partial charge in [-0.25, -0.2) is 0 Å². The van der Waals surface area contributed by atoms with Crippen LogP contribution in [-0.4, -0.2) is 26.5 Å².